The summed E-state index contributed by atoms with van der Waals surface area (Å²) in [4.78, 5) is 4.21. The Bertz CT molecular complexity index is 565. The molecule has 0 amide bonds. The summed E-state index contributed by atoms with van der Waals surface area (Å²) in [6, 6.07) is 4.61. The zero-order valence-corrected chi connectivity index (χ0v) is 10.9. The van der Waals surface area contributed by atoms with Gasteiger partial charge in [-0.05, 0) is 24.6 Å². The summed E-state index contributed by atoms with van der Waals surface area (Å²) in [5, 5.41) is 9.64. The van der Waals surface area contributed by atoms with Gasteiger partial charge in [-0.25, -0.2) is 8.42 Å². The van der Waals surface area contributed by atoms with Crippen LogP contribution >= 0.6 is 0 Å². The zero-order valence-electron chi connectivity index (χ0n) is 10.0. The van der Waals surface area contributed by atoms with E-state index < -0.39 is 9.84 Å². The molecule has 1 aromatic rings. The first-order valence-corrected chi connectivity index (χ1v) is 7.43. The Morgan fingerprint density at radius 2 is 2.28 bits per heavy atom. The van der Waals surface area contributed by atoms with Gasteiger partial charge < -0.3 is 9.84 Å². The van der Waals surface area contributed by atoms with Gasteiger partial charge in [0.2, 0.25) is 0 Å². The lowest BCUT2D eigenvalue weighted by atomic mass is 10.2. The summed E-state index contributed by atoms with van der Waals surface area (Å²) in [5.74, 6) is 1.00. The number of nitrogens with zero attached hydrogens (tertiary/aromatic N) is 1. The fourth-order valence-corrected chi connectivity index (χ4v) is 3.48. The van der Waals surface area contributed by atoms with E-state index in [-0.39, 0.29) is 23.3 Å². The monoisotopic (exact) mass is 269 g/mol. The maximum Gasteiger partial charge on any atom is 0.152 e. The predicted octanol–water partition coefficient (Wildman–Crippen LogP) is 1.01. The summed E-state index contributed by atoms with van der Waals surface area (Å²) >= 11 is 0. The van der Waals surface area contributed by atoms with Gasteiger partial charge in [0.25, 0.3) is 0 Å². The number of phenols is 1. The molecule has 1 atom stereocenters. The van der Waals surface area contributed by atoms with E-state index in [1.165, 1.54) is 19.4 Å². The Kier molecular flexibility index (Phi) is 3.56. The summed E-state index contributed by atoms with van der Waals surface area (Å²) < 4.78 is 27.6. The second-order valence-electron chi connectivity index (χ2n) is 4.26. The number of phenolic OH excluding ortho intramolecular Hbond substituents is 1. The van der Waals surface area contributed by atoms with Gasteiger partial charge in [-0.1, -0.05) is 0 Å². The number of benzene rings is 1. The van der Waals surface area contributed by atoms with Crippen molar-refractivity contribution in [2.24, 2.45) is 4.99 Å². The smallest absolute Gasteiger partial charge is 0.152 e. The van der Waals surface area contributed by atoms with Crippen molar-refractivity contribution in [2.75, 3.05) is 18.6 Å². The van der Waals surface area contributed by atoms with Crippen molar-refractivity contribution in [2.45, 2.75) is 12.5 Å². The molecule has 0 spiro atoms. The summed E-state index contributed by atoms with van der Waals surface area (Å²) in [5.41, 5.74) is 0.527. The average Bonchev–Trinajstić information content (AvgIpc) is 2.68. The number of aliphatic imine (C=N–C) groups is 1. The highest BCUT2D eigenvalue weighted by Crippen LogP contribution is 2.22. The van der Waals surface area contributed by atoms with Crippen LogP contribution in [0.15, 0.2) is 23.2 Å². The predicted molar refractivity (Wildman–Crippen MR) is 69.3 cm³/mol. The fourth-order valence-electron chi connectivity index (χ4n) is 1.84. The molecule has 6 heteroatoms. The van der Waals surface area contributed by atoms with E-state index in [0.717, 1.165) is 0 Å². The van der Waals surface area contributed by atoms with Crippen molar-refractivity contribution in [3.05, 3.63) is 23.8 Å². The van der Waals surface area contributed by atoms with Crippen molar-refractivity contribution in [1.82, 2.24) is 0 Å². The Morgan fingerprint density at radius 1 is 1.50 bits per heavy atom. The highest BCUT2D eigenvalue weighted by atomic mass is 32.2. The second-order valence-corrected chi connectivity index (χ2v) is 6.49. The van der Waals surface area contributed by atoms with Gasteiger partial charge in [-0.15, -0.1) is 0 Å². The summed E-state index contributed by atoms with van der Waals surface area (Å²) in [6.07, 6.45) is 2.05. The van der Waals surface area contributed by atoms with Crippen LogP contribution < -0.4 is 4.74 Å². The zero-order chi connectivity index (χ0) is 13.2. The largest absolute Gasteiger partial charge is 0.507 e. The van der Waals surface area contributed by atoms with Gasteiger partial charge in [0.15, 0.2) is 9.84 Å². The van der Waals surface area contributed by atoms with Crippen LogP contribution in [-0.4, -0.2) is 44.4 Å². The normalized spacial score (nSPS) is 22.4. The third-order valence-corrected chi connectivity index (χ3v) is 4.62. The van der Waals surface area contributed by atoms with Crippen molar-refractivity contribution in [3.63, 3.8) is 0 Å². The Hall–Kier alpha value is -1.56. The molecule has 0 aliphatic carbocycles. The lowest BCUT2D eigenvalue weighted by molar-refractivity contribution is 0.412. The number of hydrogen-bond acceptors (Lipinski definition) is 5. The Labute approximate surface area is 106 Å². The standard InChI is InChI=1S/C12H15NO4S/c1-17-11-2-3-12(14)9(6-11)7-13-10-4-5-18(15,16)8-10/h2-3,6-7,10,14H,4-5,8H2,1H3/t10-/m0/s1. The van der Waals surface area contributed by atoms with Crippen LogP contribution in [0.5, 0.6) is 11.5 Å². The second kappa shape index (κ2) is 4.97. The minimum atomic E-state index is -2.92. The van der Waals surface area contributed by atoms with E-state index in [1.807, 2.05) is 0 Å². The quantitative estimate of drug-likeness (QED) is 0.831. The van der Waals surface area contributed by atoms with Crippen molar-refractivity contribution in [1.29, 1.82) is 0 Å². The van der Waals surface area contributed by atoms with Gasteiger partial charge in [-0.2, -0.15) is 0 Å². The molecular formula is C12H15NO4S. The van der Waals surface area contributed by atoms with Crippen LogP contribution in [-0.2, 0) is 9.84 Å². The molecule has 0 unspecified atom stereocenters. The molecule has 18 heavy (non-hydrogen) atoms. The summed E-state index contributed by atoms with van der Waals surface area (Å²) in [6.45, 7) is 0. The first-order valence-electron chi connectivity index (χ1n) is 5.61. The van der Waals surface area contributed by atoms with Gasteiger partial charge in [-0.3, -0.25) is 4.99 Å². The highest BCUT2D eigenvalue weighted by molar-refractivity contribution is 7.91. The molecule has 0 bridgehead atoms. The molecule has 1 aliphatic rings. The Morgan fingerprint density at radius 3 is 2.89 bits per heavy atom. The lowest BCUT2D eigenvalue weighted by Crippen LogP contribution is -2.07. The molecule has 1 N–H and O–H groups in total. The van der Waals surface area contributed by atoms with Crippen molar-refractivity contribution < 1.29 is 18.3 Å². The topological polar surface area (TPSA) is 76.0 Å². The molecule has 0 radical (unpaired) electrons. The summed E-state index contributed by atoms with van der Waals surface area (Å²) in [7, 11) is -1.39. The molecule has 1 saturated heterocycles. The van der Waals surface area contributed by atoms with Crippen LogP contribution in [0.1, 0.15) is 12.0 Å². The number of aromatic hydroxyl groups is 1. The first-order chi connectivity index (χ1) is 8.50. The van der Waals surface area contributed by atoms with Crippen LogP contribution in [0.25, 0.3) is 0 Å². The third kappa shape index (κ3) is 3.01. The van der Waals surface area contributed by atoms with Crippen molar-refractivity contribution >= 4 is 16.1 Å². The van der Waals surface area contributed by atoms with Gasteiger partial charge in [0, 0.05) is 11.8 Å². The highest BCUT2D eigenvalue weighted by Gasteiger charge is 2.26. The lowest BCUT2D eigenvalue weighted by Gasteiger charge is -2.04. The van der Waals surface area contributed by atoms with Crippen LogP contribution in [0.3, 0.4) is 0 Å². The molecule has 1 heterocycles. The van der Waals surface area contributed by atoms with Crippen LogP contribution in [0.2, 0.25) is 0 Å². The molecule has 5 nitrogen and oxygen atoms in total. The van der Waals surface area contributed by atoms with E-state index in [1.54, 1.807) is 12.1 Å². The molecule has 1 aromatic carbocycles. The number of rotatable bonds is 3. The molecule has 2 rings (SSSR count). The number of methoxy groups -OCH3 is 1. The van der Waals surface area contributed by atoms with E-state index in [9.17, 15) is 13.5 Å². The van der Waals surface area contributed by atoms with Crippen LogP contribution in [0, 0.1) is 0 Å². The maximum atomic E-state index is 11.3. The first kappa shape index (κ1) is 12.9. The SMILES string of the molecule is COc1ccc(O)c(C=N[C@H]2CCS(=O)(=O)C2)c1. The number of ether oxygens (including phenoxy) is 1. The maximum absolute atomic E-state index is 11.3. The van der Waals surface area contributed by atoms with Gasteiger partial charge in [0.1, 0.15) is 11.5 Å². The molecule has 1 aliphatic heterocycles. The van der Waals surface area contributed by atoms with Crippen LogP contribution in [0.4, 0.5) is 0 Å². The number of hydrogen-bond donors (Lipinski definition) is 1. The van der Waals surface area contributed by atoms with Gasteiger partial charge in [0.05, 0.1) is 24.7 Å². The fraction of sp³-hybridized carbons (Fsp3) is 0.417. The third-order valence-electron chi connectivity index (χ3n) is 2.87. The van der Waals surface area contributed by atoms with E-state index >= 15 is 0 Å². The minimum absolute atomic E-state index is 0.0915. The molecule has 98 valence electrons. The van der Waals surface area contributed by atoms with Gasteiger partial charge >= 0.3 is 0 Å². The molecule has 1 fully saturated rings. The van der Waals surface area contributed by atoms with E-state index in [0.29, 0.717) is 17.7 Å². The molecule has 0 aromatic heterocycles. The van der Waals surface area contributed by atoms with Crippen molar-refractivity contribution in [3.8, 4) is 11.5 Å². The Balaban J connectivity index is 2.14. The van der Waals surface area contributed by atoms with E-state index in [2.05, 4.69) is 4.99 Å². The minimum Gasteiger partial charge on any atom is -0.507 e. The number of sulfone groups is 1. The average molecular weight is 269 g/mol. The molecular weight excluding hydrogens is 254 g/mol. The van der Waals surface area contributed by atoms with E-state index in [4.69, 9.17) is 4.74 Å². The molecule has 0 saturated carbocycles.